The van der Waals surface area contributed by atoms with Crippen molar-refractivity contribution in [2.24, 2.45) is 0 Å². The van der Waals surface area contributed by atoms with Gasteiger partial charge in [0.15, 0.2) is 16.4 Å². The smallest absolute Gasteiger partial charge is 0.338 e. The van der Waals surface area contributed by atoms with Crippen molar-refractivity contribution in [1.29, 1.82) is 0 Å². The molecule has 7 nitrogen and oxygen atoms in total. The summed E-state index contributed by atoms with van der Waals surface area (Å²) in [5, 5.41) is 2.64. The van der Waals surface area contributed by atoms with Crippen LogP contribution in [-0.2, 0) is 25.1 Å². The molecule has 1 N–H and O–H groups in total. The van der Waals surface area contributed by atoms with Crippen LogP contribution in [-0.4, -0.2) is 47.3 Å². The van der Waals surface area contributed by atoms with E-state index in [0.29, 0.717) is 11.3 Å². The first-order chi connectivity index (χ1) is 12.6. The van der Waals surface area contributed by atoms with E-state index in [1.807, 2.05) is 31.1 Å². The predicted octanol–water partition coefficient (Wildman–Crippen LogP) is 2.09. The fourth-order valence-electron chi connectivity index (χ4n) is 2.35. The number of carbonyl (C=O) groups is 2. The van der Waals surface area contributed by atoms with Crippen LogP contribution >= 0.6 is 0 Å². The SMILES string of the molecule is CN(C)c1ccc(NC(=O)COC(=O)c2cccc(CS(C)(=O)=O)c2)cc1. The van der Waals surface area contributed by atoms with Crippen LogP contribution in [0.2, 0.25) is 0 Å². The lowest BCUT2D eigenvalue weighted by molar-refractivity contribution is -0.119. The fraction of sp³-hybridized carbons (Fsp3) is 0.263. The average Bonchev–Trinajstić information content (AvgIpc) is 2.59. The number of amides is 1. The Morgan fingerprint density at radius 1 is 1.07 bits per heavy atom. The maximum Gasteiger partial charge on any atom is 0.338 e. The van der Waals surface area contributed by atoms with E-state index in [-0.39, 0.29) is 11.3 Å². The summed E-state index contributed by atoms with van der Waals surface area (Å²) in [7, 11) is 0.622. The van der Waals surface area contributed by atoms with Crippen LogP contribution in [0, 0.1) is 0 Å². The zero-order chi connectivity index (χ0) is 20.0. The Hall–Kier alpha value is -2.87. The van der Waals surface area contributed by atoms with E-state index in [1.165, 1.54) is 12.1 Å². The summed E-state index contributed by atoms with van der Waals surface area (Å²) in [4.78, 5) is 26.0. The zero-order valence-electron chi connectivity index (χ0n) is 15.4. The number of sulfone groups is 1. The number of nitrogens with one attached hydrogen (secondary N) is 1. The minimum Gasteiger partial charge on any atom is -0.452 e. The van der Waals surface area contributed by atoms with Crippen LogP contribution in [0.5, 0.6) is 0 Å². The van der Waals surface area contributed by atoms with Gasteiger partial charge in [-0.25, -0.2) is 13.2 Å². The Labute approximate surface area is 158 Å². The molecule has 0 unspecified atom stereocenters. The molecular formula is C19H22N2O5S. The number of hydrogen-bond acceptors (Lipinski definition) is 6. The van der Waals surface area contributed by atoms with Crippen LogP contribution in [0.1, 0.15) is 15.9 Å². The molecule has 27 heavy (non-hydrogen) atoms. The molecule has 0 bridgehead atoms. The molecule has 144 valence electrons. The molecule has 1 amide bonds. The molecule has 0 fully saturated rings. The standard InChI is InChI=1S/C19H22N2O5S/c1-21(2)17-9-7-16(8-10-17)20-18(22)12-26-19(23)15-6-4-5-14(11-15)13-27(3,24)25/h4-11H,12-13H2,1-3H3,(H,20,22). The van der Waals surface area contributed by atoms with E-state index in [9.17, 15) is 18.0 Å². The third-order valence-electron chi connectivity index (χ3n) is 3.59. The Kier molecular flexibility index (Phi) is 6.57. The van der Waals surface area contributed by atoms with Gasteiger partial charge in [-0.05, 0) is 42.0 Å². The first-order valence-electron chi connectivity index (χ1n) is 8.15. The number of anilines is 2. The Morgan fingerprint density at radius 2 is 1.74 bits per heavy atom. The topological polar surface area (TPSA) is 92.8 Å². The van der Waals surface area contributed by atoms with Crippen LogP contribution in [0.3, 0.4) is 0 Å². The second kappa shape index (κ2) is 8.68. The van der Waals surface area contributed by atoms with Crippen LogP contribution < -0.4 is 10.2 Å². The largest absolute Gasteiger partial charge is 0.452 e. The van der Waals surface area contributed by atoms with E-state index >= 15 is 0 Å². The van der Waals surface area contributed by atoms with E-state index in [2.05, 4.69) is 5.32 Å². The van der Waals surface area contributed by atoms with E-state index in [0.717, 1.165) is 11.9 Å². The Bertz CT molecular complexity index is 921. The third kappa shape index (κ3) is 6.74. The van der Waals surface area contributed by atoms with E-state index in [1.54, 1.807) is 24.3 Å². The lowest BCUT2D eigenvalue weighted by atomic mass is 10.1. The van der Waals surface area contributed by atoms with Gasteiger partial charge in [-0.1, -0.05) is 12.1 Å². The van der Waals surface area contributed by atoms with Crippen molar-refractivity contribution in [3.63, 3.8) is 0 Å². The quantitative estimate of drug-likeness (QED) is 0.728. The fourth-order valence-corrected chi connectivity index (χ4v) is 3.13. The van der Waals surface area contributed by atoms with Gasteiger partial charge >= 0.3 is 5.97 Å². The lowest BCUT2D eigenvalue weighted by Crippen LogP contribution is -2.21. The molecule has 0 heterocycles. The highest BCUT2D eigenvalue weighted by Crippen LogP contribution is 2.15. The molecule has 0 spiro atoms. The Balaban J connectivity index is 1.91. The van der Waals surface area contributed by atoms with Gasteiger partial charge < -0.3 is 15.0 Å². The molecule has 0 aliphatic heterocycles. The highest BCUT2D eigenvalue weighted by molar-refractivity contribution is 7.89. The molecule has 0 aliphatic rings. The van der Waals surface area contributed by atoms with Crippen LogP contribution in [0.15, 0.2) is 48.5 Å². The van der Waals surface area contributed by atoms with Crippen molar-refractivity contribution < 1.29 is 22.7 Å². The minimum atomic E-state index is -3.21. The lowest BCUT2D eigenvalue weighted by Gasteiger charge is -2.13. The summed E-state index contributed by atoms with van der Waals surface area (Å²) >= 11 is 0. The van der Waals surface area contributed by atoms with Gasteiger partial charge in [-0.15, -0.1) is 0 Å². The molecular weight excluding hydrogens is 368 g/mol. The predicted molar refractivity (Wildman–Crippen MR) is 105 cm³/mol. The Morgan fingerprint density at radius 3 is 2.33 bits per heavy atom. The number of benzene rings is 2. The molecule has 0 aromatic heterocycles. The number of carbonyl (C=O) groups excluding carboxylic acids is 2. The van der Waals surface area contributed by atoms with Crippen molar-refractivity contribution in [2.45, 2.75) is 5.75 Å². The summed E-state index contributed by atoms with van der Waals surface area (Å²) in [6.45, 7) is -0.440. The molecule has 2 rings (SSSR count). The summed E-state index contributed by atoms with van der Waals surface area (Å²) in [5.74, 6) is -1.32. The maximum absolute atomic E-state index is 12.1. The number of rotatable bonds is 7. The van der Waals surface area contributed by atoms with Crippen molar-refractivity contribution in [2.75, 3.05) is 37.2 Å². The van der Waals surface area contributed by atoms with Crippen molar-refractivity contribution in [1.82, 2.24) is 0 Å². The number of nitrogens with zero attached hydrogens (tertiary/aromatic N) is 1. The van der Waals surface area contributed by atoms with Gasteiger partial charge in [0, 0.05) is 31.7 Å². The van der Waals surface area contributed by atoms with Crippen molar-refractivity contribution in [3.8, 4) is 0 Å². The first-order valence-corrected chi connectivity index (χ1v) is 10.2. The summed E-state index contributed by atoms with van der Waals surface area (Å²) in [6, 6.07) is 13.4. The molecule has 2 aromatic rings. The molecule has 0 atom stereocenters. The zero-order valence-corrected chi connectivity index (χ0v) is 16.2. The van der Waals surface area contributed by atoms with Gasteiger partial charge in [0.2, 0.25) is 0 Å². The van der Waals surface area contributed by atoms with Crippen molar-refractivity contribution in [3.05, 3.63) is 59.7 Å². The second-order valence-electron chi connectivity index (χ2n) is 6.34. The van der Waals surface area contributed by atoms with Gasteiger partial charge in [0.25, 0.3) is 5.91 Å². The third-order valence-corrected chi connectivity index (χ3v) is 4.45. The number of hydrogen-bond donors (Lipinski definition) is 1. The van der Waals surface area contributed by atoms with Gasteiger partial charge in [0.05, 0.1) is 11.3 Å². The van der Waals surface area contributed by atoms with E-state index < -0.39 is 28.3 Å². The maximum atomic E-state index is 12.1. The highest BCUT2D eigenvalue weighted by atomic mass is 32.2. The molecule has 2 aromatic carbocycles. The molecule has 8 heteroatoms. The normalized spacial score (nSPS) is 10.9. The van der Waals surface area contributed by atoms with Gasteiger partial charge in [-0.2, -0.15) is 0 Å². The van der Waals surface area contributed by atoms with E-state index in [4.69, 9.17) is 4.74 Å². The minimum absolute atomic E-state index is 0.169. The average molecular weight is 390 g/mol. The molecule has 0 saturated heterocycles. The number of esters is 1. The van der Waals surface area contributed by atoms with Crippen LogP contribution in [0.4, 0.5) is 11.4 Å². The summed E-state index contributed by atoms with van der Waals surface area (Å²) in [6.07, 6.45) is 1.12. The first kappa shape index (κ1) is 20.4. The van der Waals surface area contributed by atoms with Gasteiger partial charge in [0.1, 0.15) is 0 Å². The monoisotopic (exact) mass is 390 g/mol. The molecule has 0 radical (unpaired) electrons. The number of ether oxygens (including phenoxy) is 1. The van der Waals surface area contributed by atoms with Crippen molar-refractivity contribution >= 4 is 33.1 Å². The highest BCUT2D eigenvalue weighted by Gasteiger charge is 2.12. The van der Waals surface area contributed by atoms with Crippen LogP contribution in [0.25, 0.3) is 0 Å². The molecule has 0 aliphatic carbocycles. The van der Waals surface area contributed by atoms with Gasteiger partial charge in [-0.3, -0.25) is 4.79 Å². The summed E-state index contributed by atoms with van der Waals surface area (Å²) < 4.78 is 27.7. The second-order valence-corrected chi connectivity index (χ2v) is 8.48. The summed E-state index contributed by atoms with van der Waals surface area (Å²) in [5.41, 5.74) is 2.27. The molecule has 0 saturated carbocycles.